The first-order valence-corrected chi connectivity index (χ1v) is 8.76. The van der Waals surface area contributed by atoms with E-state index in [1.165, 1.54) is 5.56 Å². The topological polar surface area (TPSA) is 62.2 Å². The number of carboxylic acid groups (broad SMARTS) is 1. The summed E-state index contributed by atoms with van der Waals surface area (Å²) in [6.07, 6.45) is 1.87. The minimum atomic E-state index is -0.810. The highest BCUT2D eigenvalue weighted by Crippen LogP contribution is 2.47. The summed E-state index contributed by atoms with van der Waals surface area (Å²) in [5, 5.41) is 13.4. The molecule has 2 N–H and O–H groups in total. The van der Waals surface area contributed by atoms with E-state index in [0.717, 1.165) is 15.4 Å². The lowest BCUT2D eigenvalue weighted by molar-refractivity contribution is -0.139. The molecule has 1 fully saturated rings. The van der Waals surface area contributed by atoms with Crippen molar-refractivity contribution in [2.75, 3.05) is 0 Å². The summed E-state index contributed by atoms with van der Waals surface area (Å²) in [5.74, 6) is -0.810. The van der Waals surface area contributed by atoms with Gasteiger partial charge in [0.1, 0.15) is 16.4 Å². The van der Waals surface area contributed by atoms with Gasteiger partial charge in [-0.05, 0) is 26.3 Å². The van der Waals surface area contributed by atoms with Crippen LogP contribution < -0.4 is 5.32 Å². The van der Waals surface area contributed by atoms with Gasteiger partial charge in [-0.3, -0.25) is 10.1 Å². The number of benzene rings is 1. The zero-order valence-corrected chi connectivity index (χ0v) is 14.3. The third-order valence-corrected chi connectivity index (χ3v) is 6.43. The number of thiazole rings is 1. The zero-order valence-electron chi connectivity index (χ0n) is 12.7. The van der Waals surface area contributed by atoms with E-state index in [9.17, 15) is 9.90 Å². The molecule has 0 aliphatic carbocycles. The minimum Gasteiger partial charge on any atom is -0.480 e. The first-order chi connectivity index (χ1) is 10.4. The molecule has 22 heavy (non-hydrogen) atoms. The summed E-state index contributed by atoms with van der Waals surface area (Å²) in [4.78, 5) is 17.0. The van der Waals surface area contributed by atoms with Crippen molar-refractivity contribution in [1.82, 2.24) is 10.3 Å². The fourth-order valence-electron chi connectivity index (χ4n) is 2.59. The van der Waals surface area contributed by atoms with Crippen molar-refractivity contribution in [3.05, 3.63) is 41.0 Å². The molecule has 0 radical (unpaired) electrons. The molecule has 1 aliphatic heterocycles. The quantitative estimate of drug-likeness (QED) is 0.896. The second-order valence-corrected chi connectivity index (χ2v) is 8.79. The average molecular weight is 334 g/mol. The van der Waals surface area contributed by atoms with Crippen LogP contribution in [0.4, 0.5) is 0 Å². The van der Waals surface area contributed by atoms with Crippen molar-refractivity contribution in [3.63, 3.8) is 0 Å². The summed E-state index contributed by atoms with van der Waals surface area (Å²) in [6.45, 7) is 5.98. The predicted molar refractivity (Wildman–Crippen MR) is 91.3 cm³/mol. The summed E-state index contributed by atoms with van der Waals surface area (Å²) in [7, 11) is 0. The monoisotopic (exact) mass is 334 g/mol. The second-order valence-electron chi connectivity index (χ2n) is 5.97. The fraction of sp³-hybridized carbons (Fsp3) is 0.375. The van der Waals surface area contributed by atoms with Crippen LogP contribution in [0.5, 0.6) is 0 Å². The highest BCUT2D eigenvalue weighted by atomic mass is 32.2. The molecule has 0 bridgehead atoms. The number of hydrogen-bond donors (Lipinski definition) is 2. The molecule has 1 aliphatic rings. The van der Waals surface area contributed by atoms with Crippen LogP contribution in [0.15, 0.2) is 30.5 Å². The Labute approximate surface area is 138 Å². The van der Waals surface area contributed by atoms with Crippen molar-refractivity contribution >= 4 is 29.1 Å². The Morgan fingerprint density at radius 1 is 1.41 bits per heavy atom. The smallest absolute Gasteiger partial charge is 0.322 e. The van der Waals surface area contributed by atoms with Gasteiger partial charge in [-0.15, -0.1) is 23.1 Å². The molecule has 2 aromatic rings. The van der Waals surface area contributed by atoms with Crippen molar-refractivity contribution in [3.8, 4) is 10.4 Å². The van der Waals surface area contributed by atoms with Crippen molar-refractivity contribution in [1.29, 1.82) is 0 Å². The van der Waals surface area contributed by atoms with Crippen LogP contribution in [0.25, 0.3) is 10.4 Å². The molecule has 0 amide bonds. The Morgan fingerprint density at radius 2 is 2.18 bits per heavy atom. The van der Waals surface area contributed by atoms with Crippen LogP contribution in [0.2, 0.25) is 0 Å². The molecule has 0 spiro atoms. The van der Waals surface area contributed by atoms with Crippen LogP contribution in [0, 0.1) is 6.92 Å². The van der Waals surface area contributed by atoms with Crippen molar-refractivity contribution < 1.29 is 9.90 Å². The number of nitrogens with one attached hydrogen (secondary N) is 1. The van der Waals surface area contributed by atoms with E-state index in [4.69, 9.17) is 0 Å². The van der Waals surface area contributed by atoms with Gasteiger partial charge in [0.15, 0.2) is 0 Å². The lowest BCUT2D eigenvalue weighted by atomic mass is 10.0. The molecule has 6 heteroatoms. The van der Waals surface area contributed by atoms with E-state index in [1.807, 2.05) is 26.1 Å². The maximum Gasteiger partial charge on any atom is 0.322 e. The number of aliphatic carboxylic acids is 1. The maximum absolute atomic E-state index is 11.4. The first kappa shape index (κ1) is 15.5. The molecule has 1 aromatic heterocycles. The van der Waals surface area contributed by atoms with Gasteiger partial charge in [-0.1, -0.05) is 29.8 Å². The summed E-state index contributed by atoms with van der Waals surface area (Å²) >= 11 is 3.24. The predicted octanol–water partition coefficient (Wildman–Crippen LogP) is 3.69. The van der Waals surface area contributed by atoms with Gasteiger partial charge in [0.05, 0.1) is 4.88 Å². The van der Waals surface area contributed by atoms with Crippen LogP contribution in [-0.4, -0.2) is 26.8 Å². The summed E-state index contributed by atoms with van der Waals surface area (Å²) < 4.78 is -0.355. The van der Waals surface area contributed by atoms with E-state index in [-0.39, 0.29) is 10.1 Å². The second kappa shape index (κ2) is 5.68. The number of nitrogens with zero attached hydrogens (tertiary/aromatic N) is 1. The Bertz CT molecular complexity index is 712. The van der Waals surface area contributed by atoms with Gasteiger partial charge in [-0.2, -0.15) is 0 Å². The Hall–Kier alpha value is -1.37. The van der Waals surface area contributed by atoms with Gasteiger partial charge >= 0.3 is 5.97 Å². The van der Waals surface area contributed by atoms with E-state index >= 15 is 0 Å². The molecule has 4 nitrogen and oxygen atoms in total. The molecule has 2 atom stereocenters. The van der Waals surface area contributed by atoms with Gasteiger partial charge in [0.2, 0.25) is 0 Å². The third kappa shape index (κ3) is 2.91. The Balaban J connectivity index is 1.85. The number of aryl methyl sites for hydroxylation is 1. The third-order valence-electron chi connectivity index (χ3n) is 3.73. The van der Waals surface area contributed by atoms with E-state index < -0.39 is 12.0 Å². The van der Waals surface area contributed by atoms with Gasteiger partial charge in [0.25, 0.3) is 0 Å². The normalized spacial score (nSPS) is 23.6. The van der Waals surface area contributed by atoms with Gasteiger partial charge in [0, 0.05) is 10.9 Å². The number of carboxylic acids is 1. The SMILES string of the molecule is Cc1cccc(-c2cnc(C3NC(C(=O)O)C(C)(C)S3)s2)c1. The molecule has 0 saturated carbocycles. The van der Waals surface area contributed by atoms with E-state index in [1.54, 1.807) is 23.1 Å². The summed E-state index contributed by atoms with van der Waals surface area (Å²) in [6, 6.07) is 7.75. The highest BCUT2D eigenvalue weighted by Gasteiger charge is 2.46. The Kier molecular flexibility index (Phi) is 4.01. The standard InChI is InChI=1S/C16H18N2O2S2/c1-9-5-4-6-10(7-9)11-8-17-13(21-11)14-18-12(15(19)20)16(2,3)22-14/h4-8,12,14,18H,1-3H3,(H,19,20). The van der Waals surface area contributed by atoms with Crippen molar-refractivity contribution in [2.45, 2.75) is 36.9 Å². The number of carbonyl (C=O) groups is 1. The molecule has 2 unspecified atom stereocenters. The molecule has 1 saturated heterocycles. The van der Waals surface area contributed by atoms with E-state index in [2.05, 4.69) is 35.4 Å². The molecular weight excluding hydrogens is 316 g/mol. The van der Waals surface area contributed by atoms with Crippen LogP contribution >= 0.6 is 23.1 Å². The van der Waals surface area contributed by atoms with Gasteiger partial charge < -0.3 is 5.11 Å². The van der Waals surface area contributed by atoms with Crippen molar-refractivity contribution in [2.24, 2.45) is 0 Å². The molecule has 2 heterocycles. The number of rotatable bonds is 3. The Morgan fingerprint density at radius 3 is 2.82 bits per heavy atom. The van der Waals surface area contributed by atoms with Crippen LogP contribution in [0.3, 0.4) is 0 Å². The minimum absolute atomic E-state index is 0.0698. The van der Waals surface area contributed by atoms with Crippen LogP contribution in [-0.2, 0) is 4.79 Å². The number of hydrogen-bond acceptors (Lipinski definition) is 5. The fourth-order valence-corrected chi connectivity index (χ4v) is 5.01. The first-order valence-electron chi connectivity index (χ1n) is 7.06. The van der Waals surface area contributed by atoms with Crippen LogP contribution in [0.1, 0.15) is 29.8 Å². The molecule has 116 valence electrons. The van der Waals surface area contributed by atoms with Gasteiger partial charge in [-0.25, -0.2) is 4.98 Å². The average Bonchev–Trinajstić information content (AvgIpc) is 3.02. The number of aromatic nitrogens is 1. The lowest BCUT2D eigenvalue weighted by Gasteiger charge is -2.20. The zero-order chi connectivity index (χ0) is 15.9. The number of thioether (sulfide) groups is 1. The molecule has 3 rings (SSSR count). The summed E-state index contributed by atoms with van der Waals surface area (Å²) in [5.41, 5.74) is 2.37. The highest BCUT2D eigenvalue weighted by molar-refractivity contribution is 8.01. The molecule has 1 aromatic carbocycles. The van der Waals surface area contributed by atoms with E-state index in [0.29, 0.717) is 0 Å². The molecular formula is C16H18N2O2S2. The lowest BCUT2D eigenvalue weighted by Crippen LogP contribution is -2.43. The maximum atomic E-state index is 11.4. The largest absolute Gasteiger partial charge is 0.480 e.